The summed E-state index contributed by atoms with van der Waals surface area (Å²) < 4.78 is 6.86. The van der Waals surface area contributed by atoms with Crippen LogP contribution in [0, 0.1) is 6.92 Å². The summed E-state index contributed by atoms with van der Waals surface area (Å²) in [5.74, 6) is 0.840. The molecule has 0 spiro atoms. The van der Waals surface area contributed by atoms with Crippen molar-refractivity contribution in [3.63, 3.8) is 0 Å². The Morgan fingerprint density at radius 2 is 2.00 bits per heavy atom. The molecule has 4 heteroatoms. The van der Waals surface area contributed by atoms with Crippen LogP contribution in [0.3, 0.4) is 0 Å². The van der Waals surface area contributed by atoms with Crippen LogP contribution >= 0.6 is 27.5 Å². The van der Waals surface area contributed by atoms with E-state index in [1.807, 2.05) is 18.2 Å². The number of rotatable bonds is 6. The van der Waals surface area contributed by atoms with Gasteiger partial charge in [-0.25, -0.2) is 0 Å². The second-order valence-electron chi connectivity index (χ2n) is 4.93. The van der Waals surface area contributed by atoms with E-state index in [0.29, 0.717) is 11.6 Å². The molecular formula is C17H19BrClNO. The zero-order valence-corrected chi connectivity index (χ0v) is 14.6. The molecule has 0 heterocycles. The molecule has 0 radical (unpaired) electrons. The van der Waals surface area contributed by atoms with Crippen LogP contribution < -0.4 is 10.1 Å². The average Bonchev–Trinajstić information content (AvgIpc) is 2.47. The molecule has 0 aliphatic rings. The monoisotopic (exact) mass is 367 g/mol. The first kappa shape index (κ1) is 16.2. The lowest BCUT2D eigenvalue weighted by Crippen LogP contribution is -2.03. The lowest BCUT2D eigenvalue weighted by atomic mass is 10.1. The molecule has 0 atom stereocenters. The van der Waals surface area contributed by atoms with E-state index in [9.17, 15) is 0 Å². The molecular weight excluding hydrogens is 350 g/mol. The Morgan fingerprint density at radius 1 is 1.19 bits per heavy atom. The predicted octanol–water partition coefficient (Wildman–Crippen LogP) is 5.81. The van der Waals surface area contributed by atoms with E-state index in [-0.39, 0.29) is 0 Å². The van der Waals surface area contributed by atoms with E-state index in [2.05, 4.69) is 53.3 Å². The highest BCUT2D eigenvalue weighted by atomic mass is 79.9. The van der Waals surface area contributed by atoms with Crippen molar-refractivity contribution in [2.24, 2.45) is 0 Å². The predicted molar refractivity (Wildman–Crippen MR) is 93.4 cm³/mol. The first-order chi connectivity index (χ1) is 10.1. The fraction of sp³-hybridized carbons (Fsp3) is 0.294. The van der Waals surface area contributed by atoms with Crippen molar-refractivity contribution < 1.29 is 4.74 Å². The third-order valence-corrected chi connectivity index (χ3v) is 4.21. The maximum Gasteiger partial charge on any atom is 0.142 e. The van der Waals surface area contributed by atoms with E-state index >= 15 is 0 Å². The fourth-order valence-corrected chi connectivity index (χ4v) is 2.52. The molecule has 0 saturated heterocycles. The normalized spacial score (nSPS) is 10.5. The summed E-state index contributed by atoms with van der Waals surface area (Å²) in [4.78, 5) is 0. The molecule has 0 unspecified atom stereocenters. The topological polar surface area (TPSA) is 21.3 Å². The number of hydrogen-bond acceptors (Lipinski definition) is 2. The zero-order valence-electron chi connectivity index (χ0n) is 12.2. The Hall–Kier alpha value is -1.19. The minimum atomic E-state index is 0.700. The molecule has 0 aliphatic heterocycles. The minimum absolute atomic E-state index is 0.700. The number of hydrogen-bond donors (Lipinski definition) is 1. The van der Waals surface area contributed by atoms with Crippen LogP contribution in [0.25, 0.3) is 0 Å². The van der Waals surface area contributed by atoms with Crippen LogP contribution in [0.4, 0.5) is 5.69 Å². The molecule has 2 aromatic carbocycles. The first-order valence-electron chi connectivity index (χ1n) is 7.01. The molecule has 0 aliphatic carbocycles. The summed E-state index contributed by atoms with van der Waals surface area (Å²) in [7, 11) is 0. The van der Waals surface area contributed by atoms with E-state index in [1.165, 1.54) is 11.1 Å². The Bertz CT molecular complexity index is 616. The van der Waals surface area contributed by atoms with Gasteiger partial charge in [0.2, 0.25) is 0 Å². The van der Waals surface area contributed by atoms with Crippen LogP contribution in [0.2, 0.25) is 5.02 Å². The quantitative estimate of drug-likeness (QED) is 0.694. The van der Waals surface area contributed by atoms with Crippen molar-refractivity contribution in [3.05, 3.63) is 57.0 Å². The number of benzene rings is 2. The van der Waals surface area contributed by atoms with Crippen molar-refractivity contribution in [2.75, 3.05) is 11.9 Å². The summed E-state index contributed by atoms with van der Waals surface area (Å²) in [6.07, 6.45) is 0.979. The number of ether oxygens (including phenoxy) is 1. The summed E-state index contributed by atoms with van der Waals surface area (Å²) >= 11 is 9.63. The van der Waals surface area contributed by atoms with Crippen LogP contribution in [0.1, 0.15) is 24.5 Å². The molecule has 2 rings (SSSR count). The number of nitrogens with one attached hydrogen (secondary N) is 1. The van der Waals surface area contributed by atoms with Gasteiger partial charge in [-0.15, -0.1) is 0 Å². The third kappa shape index (κ3) is 4.65. The molecule has 0 aromatic heterocycles. The highest BCUT2D eigenvalue weighted by molar-refractivity contribution is 9.10. The molecule has 21 heavy (non-hydrogen) atoms. The van der Waals surface area contributed by atoms with Gasteiger partial charge in [0, 0.05) is 16.0 Å². The number of halogens is 2. The Kier molecular flexibility index (Phi) is 5.95. The van der Waals surface area contributed by atoms with Gasteiger partial charge in [0.1, 0.15) is 5.75 Å². The Balaban J connectivity index is 2.10. The summed E-state index contributed by atoms with van der Waals surface area (Å²) in [5.41, 5.74) is 3.36. The fourth-order valence-electron chi connectivity index (χ4n) is 1.92. The smallest absolute Gasteiger partial charge is 0.142 e. The first-order valence-corrected chi connectivity index (χ1v) is 8.18. The Morgan fingerprint density at radius 3 is 2.71 bits per heavy atom. The van der Waals surface area contributed by atoms with Crippen LogP contribution in [-0.4, -0.2) is 6.61 Å². The van der Waals surface area contributed by atoms with Crippen molar-refractivity contribution in [3.8, 4) is 5.75 Å². The SMILES string of the molecule is CCCOc1ccc(Cl)cc1NCc1ccc(C)c(Br)c1. The average molecular weight is 369 g/mol. The largest absolute Gasteiger partial charge is 0.491 e. The van der Waals surface area contributed by atoms with Gasteiger partial charge < -0.3 is 10.1 Å². The van der Waals surface area contributed by atoms with Gasteiger partial charge >= 0.3 is 0 Å². The lowest BCUT2D eigenvalue weighted by molar-refractivity contribution is 0.319. The van der Waals surface area contributed by atoms with Gasteiger partial charge in [-0.2, -0.15) is 0 Å². The molecule has 2 aromatic rings. The molecule has 1 N–H and O–H groups in total. The van der Waals surface area contributed by atoms with E-state index in [4.69, 9.17) is 16.3 Å². The second kappa shape index (κ2) is 7.71. The molecule has 0 saturated carbocycles. The molecule has 2 nitrogen and oxygen atoms in total. The Labute approximate surface area is 139 Å². The van der Waals surface area contributed by atoms with Gasteiger partial charge in [-0.05, 0) is 48.7 Å². The van der Waals surface area contributed by atoms with Crippen LogP contribution in [0.15, 0.2) is 40.9 Å². The van der Waals surface area contributed by atoms with Gasteiger partial charge in [-0.3, -0.25) is 0 Å². The van der Waals surface area contributed by atoms with E-state index < -0.39 is 0 Å². The minimum Gasteiger partial charge on any atom is -0.491 e. The molecule has 0 amide bonds. The molecule has 0 bridgehead atoms. The van der Waals surface area contributed by atoms with Crippen LogP contribution in [0.5, 0.6) is 5.75 Å². The third-order valence-electron chi connectivity index (χ3n) is 3.12. The van der Waals surface area contributed by atoms with Crippen molar-refractivity contribution in [2.45, 2.75) is 26.8 Å². The van der Waals surface area contributed by atoms with E-state index in [1.54, 1.807) is 0 Å². The van der Waals surface area contributed by atoms with Gasteiger partial charge in [-0.1, -0.05) is 46.6 Å². The summed E-state index contributed by atoms with van der Waals surface area (Å²) in [6, 6.07) is 12.0. The van der Waals surface area contributed by atoms with Crippen molar-refractivity contribution in [1.82, 2.24) is 0 Å². The molecule has 112 valence electrons. The second-order valence-corrected chi connectivity index (χ2v) is 6.22. The van der Waals surface area contributed by atoms with E-state index in [0.717, 1.165) is 28.9 Å². The lowest BCUT2D eigenvalue weighted by Gasteiger charge is -2.14. The summed E-state index contributed by atoms with van der Waals surface area (Å²) in [5, 5.41) is 4.10. The zero-order chi connectivity index (χ0) is 15.2. The van der Waals surface area contributed by atoms with Crippen molar-refractivity contribution >= 4 is 33.2 Å². The highest BCUT2D eigenvalue weighted by Crippen LogP contribution is 2.29. The maximum absolute atomic E-state index is 6.08. The number of anilines is 1. The summed E-state index contributed by atoms with van der Waals surface area (Å²) in [6.45, 7) is 5.59. The van der Waals surface area contributed by atoms with Crippen molar-refractivity contribution in [1.29, 1.82) is 0 Å². The van der Waals surface area contributed by atoms with Gasteiger partial charge in [0.25, 0.3) is 0 Å². The molecule has 0 fully saturated rings. The van der Waals surface area contributed by atoms with Gasteiger partial charge in [0.15, 0.2) is 0 Å². The maximum atomic E-state index is 6.08. The standard InChI is InChI=1S/C17H19BrClNO/c1-3-8-21-17-7-6-14(19)10-16(17)20-11-13-5-4-12(2)15(18)9-13/h4-7,9-10,20H,3,8,11H2,1-2H3. The number of aryl methyl sites for hydroxylation is 1. The highest BCUT2D eigenvalue weighted by Gasteiger charge is 2.05. The van der Waals surface area contributed by atoms with Crippen LogP contribution in [-0.2, 0) is 6.54 Å². The van der Waals surface area contributed by atoms with Gasteiger partial charge in [0.05, 0.1) is 12.3 Å².